The van der Waals surface area contributed by atoms with Crippen molar-refractivity contribution in [3.63, 3.8) is 0 Å². The lowest BCUT2D eigenvalue weighted by Gasteiger charge is -2.40. The highest BCUT2D eigenvalue weighted by Gasteiger charge is 2.59. The molecule has 1 aliphatic carbocycles. The van der Waals surface area contributed by atoms with Crippen LogP contribution in [0.1, 0.15) is 33.6 Å². The predicted molar refractivity (Wildman–Crippen MR) is 56.2 cm³/mol. The highest BCUT2D eigenvalue weighted by molar-refractivity contribution is 5.79. The standard InChI is InChI=1S/C11H21NO2/c1-10(2,3)8(12(4)5)11(6-7-11)9(13)14/h8H,6-7H2,1-5H3,(H,13,14). The highest BCUT2D eigenvalue weighted by atomic mass is 16.4. The Morgan fingerprint density at radius 1 is 1.36 bits per heavy atom. The Balaban J connectivity index is 2.95. The third kappa shape index (κ3) is 1.78. The van der Waals surface area contributed by atoms with Crippen molar-refractivity contribution in [3.05, 3.63) is 0 Å². The molecule has 0 aromatic rings. The molecule has 0 aromatic carbocycles. The van der Waals surface area contributed by atoms with Gasteiger partial charge < -0.3 is 10.0 Å². The lowest BCUT2D eigenvalue weighted by Crippen LogP contribution is -2.49. The van der Waals surface area contributed by atoms with Crippen LogP contribution in [0.5, 0.6) is 0 Å². The third-order valence-electron chi connectivity index (χ3n) is 3.07. The van der Waals surface area contributed by atoms with Crippen molar-refractivity contribution < 1.29 is 9.90 Å². The summed E-state index contributed by atoms with van der Waals surface area (Å²) in [4.78, 5) is 13.3. The number of aliphatic carboxylic acids is 1. The van der Waals surface area contributed by atoms with Gasteiger partial charge in [-0.2, -0.15) is 0 Å². The van der Waals surface area contributed by atoms with E-state index in [1.807, 2.05) is 14.1 Å². The lowest BCUT2D eigenvalue weighted by atomic mass is 9.76. The van der Waals surface area contributed by atoms with Crippen LogP contribution < -0.4 is 0 Å². The molecule has 0 bridgehead atoms. The van der Waals surface area contributed by atoms with Crippen LogP contribution in [0.4, 0.5) is 0 Å². The number of rotatable bonds is 3. The van der Waals surface area contributed by atoms with Crippen LogP contribution in [0.15, 0.2) is 0 Å². The van der Waals surface area contributed by atoms with Gasteiger partial charge in [-0.1, -0.05) is 20.8 Å². The second kappa shape index (κ2) is 3.23. The van der Waals surface area contributed by atoms with Gasteiger partial charge in [0.05, 0.1) is 5.41 Å². The number of carbonyl (C=O) groups is 1. The van der Waals surface area contributed by atoms with E-state index in [4.69, 9.17) is 0 Å². The Morgan fingerprint density at radius 2 is 1.79 bits per heavy atom. The van der Waals surface area contributed by atoms with Crippen molar-refractivity contribution in [2.24, 2.45) is 10.8 Å². The van der Waals surface area contributed by atoms with Crippen LogP contribution in [-0.4, -0.2) is 36.1 Å². The van der Waals surface area contributed by atoms with Gasteiger partial charge in [-0.05, 0) is 32.4 Å². The predicted octanol–water partition coefficient (Wildman–Crippen LogP) is 1.83. The summed E-state index contributed by atoms with van der Waals surface area (Å²) in [6.07, 6.45) is 1.64. The Bertz CT molecular complexity index is 236. The first-order chi connectivity index (χ1) is 6.22. The van der Waals surface area contributed by atoms with Crippen molar-refractivity contribution >= 4 is 5.97 Å². The zero-order valence-electron chi connectivity index (χ0n) is 9.79. The highest BCUT2D eigenvalue weighted by Crippen LogP contribution is 2.55. The molecule has 14 heavy (non-hydrogen) atoms. The average Bonchev–Trinajstić information content (AvgIpc) is 2.63. The van der Waals surface area contributed by atoms with E-state index >= 15 is 0 Å². The minimum absolute atomic E-state index is 0.0123. The molecule has 0 heterocycles. The van der Waals surface area contributed by atoms with Gasteiger partial charge in [-0.25, -0.2) is 0 Å². The van der Waals surface area contributed by atoms with E-state index in [1.54, 1.807) is 0 Å². The second-order valence-electron chi connectivity index (χ2n) is 5.69. The molecule has 1 atom stereocenters. The van der Waals surface area contributed by atoms with Gasteiger partial charge in [-0.15, -0.1) is 0 Å². The third-order valence-corrected chi connectivity index (χ3v) is 3.07. The first-order valence-electron chi connectivity index (χ1n) is 5.11. The molecule has 0 spiro atoms. The molecule has 1 rings (SSSR count). The van der Waals surface area contributed by atoms with Gasteiger partial charge in [-0.3, -0.25) is 4.79 Å². The van der Waals surface area contributed by atoms with Gasteiger partial charge in [0.2, 0.25) is 0 Å². The van der Waals surface area contributed by atoms with Gasteiger partial charge in [0.1, 0.15) is 0 Å². The van der Waals surface area contributed by atoms with E-state index in [2.05, 4.69) is 25.7 Å². The summed E-state index contributed by atoms with van der Waals surface area (Å²) >= 11 is 0. The van der Waals surface area contributed by atoms with Crippen molar-refractivity contribution in [2.45, 2.75) is 39.7 Å². The molecule has 1 aliphatic rings. The summed E-state index contributed by atoms with van der Waals surface area (Å²) in [6, 6.07) is 0.118. The molecule has 3 heteroatoms. The zero-order chi connectivity index (χ0) is 11.1. The zero-order valence-corrected chi connectivity index (χ0v) is 9.79. The second-order valence-corrected chi connectivity index (χ2v) is 5.69. The fraction of sp³-hybridized carbons (Fsp3) is 0.909. The van der Waals surface area contributed by atoms with Crippen LogP contribution in [0.3, 0.4) is 0 Å². The molecule has 0 radical (unpaired) electrons. The summed E-state index contributed by atoms with van der Waals surface area (Å²) < 4.78 is 0. The van der Waals surface area contributed by atoms with Crippen LogP contribution in [0, 0.1) is 10.8 Å². The van der Waals surface area contributed by atoms with Gasteiger partial charge in [0.25, 0.3) is 0 Å². The number of carboxylic acids is 1. The largest absolute Gasteiger partial charge is 0.481 e. The molecule has 3 nitrogen and oxygen atoms in total. The molecule has 0 aliphatic heterocycles. The van der Waals surface area contributed by atoms with E-state index in [0.717, 1.165) is 12.8 Å². The summed E-state index contributed by atoms with van der Waals surface area (Å²) in [5.74, 6) is -0.633. The van der Waals surface area contributed by atoms with Crippen LogP contribution >= 0.6 is 0 Å². The van der Waals surface area contributed by atoms with Gasteiger partial charge >= 0.3 is 5.97 Å². The quantitative estimate of drug-likeness (QED) is 0.754. The van der Waals surface area contributed by atoms with Crippen molar-refractivity contribution in [1.29, 1.82) is 0 Å². The molecule has 82 valence electrons. The normalized spacial score (nSPS) is 22.1. The van der Waals surface area contributed by atoms with E-state index in [-0.39, 0.29) is 11.5 Å². The number of hydrogen-bond acceptors (Lipinski definition) is 2. The minimum Gasteiger partial charge on any atom is -0.481 e. The number of carboxylic acid groups (broad SMARTS) is 1. The first-order valence-corrected chi connectivity index (χ1v) is 5.11. The lowest BCUT2D eigenvalue weighted by molar-refractivity contribution is -0.148. The summed E-state index contributed by atoms with van der Waals surface area (Å²) in [6.45, 7) is 6.34. The first kappa shape index (κ1) is 11.5. The fourth-order valence-electron chi connectivity index (χ4n) is 2.84. The van der Waals surface area contributed by atoms with Crippen molar-refractivity contribution in [1.82, 2.24) is 4.90 Å². The average molecular weight is 199 g/mol. The van der Waals surface area contributed by atoms with E-state index < -0.39 is 11.4 Å². The van der Waals surface area contributed by atoms with Crippen LogP contribution in [-0.2, 0) is 4.79 Å². The Kier molecular flexibility index (Phi) is 2.65. The smallest absolute Gasteiger partial charge is 0.311 e. The molecular weight excluding hydrogens is 178 g/mol. The Labute approximate surface area is 86.1 Å². The topological polar surface area (TPSA) is 40.5 Å². The maximum absolute atomic E-state index is 11.2. The van der Waals surface area contributed by atoms with E-state index in [0.29, 0.717) is 0 Å². The summed E-state index contributed by atoms with van der Waals surface area (Å²) in [7, 11) is 3.94. The molecule has 0 saturated heterocycles. The van der Waals surface area contributed by atoms with Gasteiger partial charge in [0.15, 0.2) is 0 Å². The molecular formula is C11H21NO2. The van der Waals surface area contributed by atoms with Gasteiger partial charge in [0, 0.05) is 6.04 Å². The maximum atomic E-state index is 11.2. The fourth-order valence-corrected chi connectivity index (χ4v) is 2.84. The molecule has 0 aromatic heterocycles. The molecule has 1 saturated carbocycles. The van der Waals surface area contributed by atoms with E-state index in [1.165, 1.54) is 0 Å². The molecule has 0 amide bonds. The van der Waals surface area contributed by atoms with Crippen LogP contribution in [0.25, 0.3) is 0 Å². The Morgan fingerprint density at radius 3 is 1.86 bits per heavy atom. The molecule has 1 N–H and O–H groups in total. The summed E-state index contributed by atoms with van der Waals surface area (Å²) in [5, 5.41) is 9.26. The SMILES string of the molecule is CN(C)C(C(C)(C)C)C1(C(=O)O)CC1. The number of nitrogens with zero attached hydrogens (tertiary/aromatic N) is 1. The maximum Gasteiger partial charge on any atom is 0.311 e. The molecule has 1 unspecified atom stereocenters. The number of hydrogen-bond donors (Lipinski definition) is 1. The summed E-state index contributed by atoms with van der Waals surface area (Å²) in [5.41, 5.74) is -0.472. The van der Waals surface area contributed by atoms with Crippen molar-refractivity contribution in [2.75, 3.05) is 14.1 Å². The minimum atomic E-state index is -0.633. The van der Waals surface area contributed by atoms with E-state index in [9.17, 15) is 9.90 Å². The molecule has 1 fully saturated rings. The monoisotopic (exact) mass is 199 g/mol. The van der Waals surface area contributed by atoms with Crippen LogP contribution in [0.2, 0.25) is 0 Å². The Hall–Kier alpha value is -0.570. The van der Waals surface area contributed by atoms with Crippen molar-refractivity contribution in [3.8, 4) is 0 Å².